The summed E-state index contributed by atoms with van der Waals surface area (Å²) in [6, 6.07) is 6.18. The molecule has 1 nitrogen and oxygen atoms in total. The zero-order valence-electron chi connectivity index (χ0n) is 8.72. The minimum Gasteiger partial charge on any atom is -0.350 e. The van der Waals surface area contributed by atoms with Gasteiger partial charge in [-0.3, -0.25) is 0 Å². The van der Waals surface area contributed by atoms with Gasteiger partial charge in [0, 0.05) is 5.70 Å². The van der Waals surface area contributed by atoms with Crippen molar-refractivity contribution in [2.24, 2.45) is 0 Å². The monoisotopic (exact) mass is 223 g/mol. The van der Waals surface area contributed by atoms with E-state index in [2.05, 4.69) is 18.8 Å². The second-order valence-electron chi connectivity index (χ2n) is 3.28. The minimum absolute atomic E-state index is 0.248. The van der Waals surface area contributed by atoms with Crippen molar-refractivity contribution in [1.82, 2.24) is 5.32 Å². The van der Waals surface area contributed by atoms with E-state index in [9.17, 15) is 4.39 Å². The lowest BCUT2D eigenvalue weighted by Gasteiger charge is -2.09. The Morgan fingerprint density at radius 2 is 2.00 bits per heavy atom. The first-order valence-electron chi connectivity index (χ1n) is 4.88. The molecule has 0 saturated carbocycles. The summed E-state index contributed by atoms with van der Waals surface area (Å²) < 4.78 is 12.7. The molecule has 3 heteroatoms. The number of benzene rings is 1. The van der Waals surface area contributed by atoms with Crippen LogP contribution in [-0.4, -0.2) is 4.99 Å². The summed E-state index contributed by atoms with van der Waals surface area (Å²) in [5, 5.41) is 3.03. The van der Waals surface area contributed by atoms with Gasteiger partial charge in [-0.2, -0.15) is 0 Å². The molecule has 0 radical (unpaired) electrons. The summed E-state index contributed by atoms with van der Waals surface area (Å²) in [5.74, 6) is -0.248. The molecular weight excluding hydrogens is 209 g/mol. The van der Waals surface area contributed by atoms with E-state index in [0.717, 1.165) is 23.4 Å². The van der Waals surface area contributed by atoms with Crippen molar-refractivity contribution in [2.75, 3.05) is 0 Å². The number of hydrogen-bond acceptors (Lipinski definition) is 1. The van der Waals surface area contributed by atoms with Gasteiger partial charge in [0.05, 0.1) is 4.99 Å². The first-order valence-corrected chi connectivity index (χ1v) is 5.29. The van der Waals surface area contributed by atoms with Crippen molar-refractivity contribution in [2.45, 2.75) is 19.8 Å². The summed E-state index contributed by atoms with van der Waals surface area (Å²) in [6.07, 6.45) is 1.85. The van der Waals surface area contributed by atoms with Crippen LogP contribution in [-0.2, 0) is 0 Å². The van der Waals surface area contributed by atoms with E-state index in [4.69, 9.17) is 12.2 Å². The van der Waals surface area contributed by atoms with Gasteiger partial charge in [-0.15, -0.1) is 0 Å². The van der Waals surface area contributed by atoms with Gasteiger partial charge in [0.2, 0.25) is 0 Å². The van der Waals surface area contributed by atoms with Crippen LogP contribution in [0.5, 0.6) is 0 Å². The Kier molecular flexibility index (Phi) is 4.43. The lowest BCUT2D eigenvalue weighted by molar-refractivity contribution is 0.627. The van der Waals surface area contributed by atoms with Crippen LogP contribution in [0.1, 0.15) is 25.3 Å². The molecule has 1 N–H and O–H groups in total. The van der Waals surface area contributed by atoms with E-state index in [-0.39, 0.29) is 5.82 Å². The number of rotatable bonds is 4. The number of halogens is 1. The molecule has 15 heavy (non-hydrogen) atoms. The number of nitrogens with one attached hydrogen (secondary N) is 1. The van der Waals surface area contributed by atoms with E-state index in [0.29, 0.717) is 5.70 Å². The van der Waals surface area contributed by atoms with Gasteiger partial charge in [0.15, 0.2) is 0 Å². The fraction of sp³-hybridized carbons (Fsp3) is 0.250. The maximum Gasteiger partial charge on any atom is 0.123 e. The average molecular weight is 223 g/mol. The molecule has 0 aromatic heterocycles. The average Bonchev–Trinajstić information content (AvgIpc) is 2.18. The molecule has 0 amide bonds. The molecule has 80 valence electrons. The highest BCUT2D eigenvalue weighted by molar-refractivity contribution is 7.80. The molecule has 0 unspecified atom stereocenters. The van der Waals surface area contributed by atoms with E-state index < -0.39 is 0 Å². The highest BCUT2D eigenvalue weighted by atomic mass is 32.1. The number of thiocarbonyl (C=S) groups is 1. The van der Waals surface area contributed by atoms with E-state index >= 15 is 0 Å². The smallest absolute Gasteiger partial charge is 0.123 e. The van der Waals surface area contributed by atoms with Gasteiger partial charge >= 0.3 is 0 Å². The van der Waals surface area contributed by atoms with Crippen LogP contribution in [0.4, 0.5) is 4.39 Å². The van der Waals surface area contributed by atoms with Crippen molar-refractivity contribution >= 4 is 22.9 Å². The molecule has 0 aliphatic rings. The summed E-state index contributed by atoms with van der Waals surface area (Å²) in [4.78, 5) is 0.770. The van der Waals surface area contributed by atoms with Crippen molar-refractivity contribution in [1.29, 1.82) is 0 Å². The largest absolute Gasteiger partial charge is 0.350 e. The van der Waals surface area contributed by atoms with Gasteiger partial charge in [-0.25, -0.2) is 4.39 Å². The van der Waals surface area contributed by atoms with E-state index in [1.807, 2.05) is 0 Å². The summed E-state index contributed by atoms with van der Waals surface area (Å²) in [6.45, 7) is 5.92. The predicted molar refractivity (Wildman–Crippen MR) is 66.1 cm³/mol. The van der Waals surface area contributed by atoms with Gasteiger partial charge in [0.25, 0.3) is 0 Å². The van der Waals surface area contributed by atoms with E-state index in [1.54, 1.807) is 12.1 Å². The van der Waals surface area contributed by atoms with Crippen LogP contribution in [0.25, 0.3) is 5.70 Å². The molecule has 1 aromatic rings. The molecule has 0 bridgehead atoms. The SMILES string of the molecule is C=C(NC(=S)CCC)c1ccc(F)cc1. The predicted octanol–water partition coefficient (Wildman–Crippen LogP) is 3.51. The lowest BCUT2D eigenvalue weighted by atomic mass is 10.1. The third-order valence-corrected chi connectivity index (χ3v) is 2.27. The Morgan fingerprint density at radius 3 is 2.53 bits per heavy atom. The van der Waals surface area contributed by atoms with Gasteiger partial charge in [-0.05, 0) is 30.5 Å². The maximum atomic E-state index is 12.7. The zero-order chi connectivity index (χ0) is 11.3. The van der Waals surface area contributed by atoms with Gasteiger partial charge in [0.1, 0.15) is 5.82 Å². The number of hydrogen-bond donors (Lipinski definition) is 1. The van der Waals surface area contributed by atoms with Crippen LogP contribution in [0.3, 0.4) is 0 Å². The molecular formula is C12H14FNS. The molecule has 0 aliphatic carbocycles. The fourth-order valence-electron chi connectivity index (χ4n) is 1.18. The molecule has 1 aromatic carbocycles. The molecule has 0 heterocycles. The minimum atomic E-state index is -0.248. The molecule has 0 aliphatic heterocycles. The Morgan fingerprint density at radius 1 is 1.40 bits per heavy atom. The standard InChI is InChI=1S/C12H14FNS/c1-3-4-12(15)14-9(2)10-5-7-11(13)8-6-10/h5-8H,2-4H2,1H3,(H,14,15). The highest BCUT2D eigenvalue weighted by Gasteiger charge is 2.01. The van der Waals surface area contributed by atoms with Crippen molar-refractivity contribution in [3.8, 4) is 0 Å². The molecule has 0 atom stereocenters. The van der Waals surface area contributed by atoms with Crippen LogP contribution in [0.15, 0.2) is 30.8 Å². The normalized spacial score (nSPS) is 9.73. The molecule has 1 rings (SSSR count). The van der Waals surface area contributed by atoms with Crippen LogP contribution < -0.4 is 5.32 Å². The molecule has 0 spiro atoms. The second-order valence-corrected chi connectivity index (χ2v) is 3.78. The topological polar surface area (TPSA) is 12.0 Å². The van der Waals surface area contributed by atoms with E-state index in [1.165, 1.54) is 12.1 Å². The van der Waals surface area contributed by atoms with Crippen LogP contribution >= 0.6 is 12.2 Å². The summed E-state index contributed by atoms with van der Waals surface area (Å²) >= 11 is 5.11. The zero-order valence-corrected chi connectivity index (χ0v) is 9.53. The third-order valence-electron chi connectivity index (χ3n) is 1.96. The van der Waals surface area contributed by atoms with Gasteiger partial charge < -0.3 is 5.32 Å². The second kappa shape index (κ2) is 5.61. The summed E-state index contributed by atoms with van der Waals surface area (Å²) in [7, 11) is 0. The van der Waals surface area contributed by atoms with Gasteiger partial charge in [-0.1, -0.05) is 37.9 Å². The third kappa shape index (κ3) is 3.80. The Hall–Kier alpha value is -1.22. The fourth-order valence-corrected chi connectivity index (χ4v) is 1.51. The molecule has 0 fully saturated rings. The first kappa shape index (κ1) is 11.9. The Labute approximate surface area is 95.0 Å². The lowest BCUT2D eigenvalue weighted by Crippen LogP contribution is -2.18. The quantitative estimate of drug-likeness (QED) is 0.784. The Bertz CT molecular complexity index is 356. The van der Waals surface area contributed by atoms with Crippen LogP contribution in [0, 0.1) is 5.82 Å². The summed E-state index contributed by atoms with van der Waals surface area (Å²) in [5.41, 5.74) is 1.57. The highest BCUT2D eigenvalue weighted by Crippen LogP contribution is 2.10. The first-order chi connectivity index (χ1) is 7.13. The maximum absolute atomic E-state index is 12.7. The van der Waals surface area contributed by atoms with Crippen molar-refractivity contribution in [3.05, 3.63) is 42.2 Å². The van der Waals surface area contributed by atoms with Crippen LogP contribution in [0.2, 0.25) is 0 Å². The van der Waals surface area contributed by atoms with Crippen molar-refractivity contribution < 1.29 is 4.39 Å². The Balaban J connectivity index is 2.61. The molecule has 0 saturated heterocycles. The van der Waals surface area contributed by atoms with Crippen molar-refractivity contribution in [3.63, 3.8) is 0 Å².